The molecule has 71 valence electrons. The lowest BCUT2D eigenvalue weighted by atomic mass is 9.78. The minimum absolute atomic E-state index is 0.212. The van der Waals surface area contributed by atoms with E-state index in [9.17, 15) is 0 Å². The summed E-state index contributed by atoms with van der Waals surface area (Å²) in [4.78, 5) is 0. The van der Waals surface area contributed by atoms with E-state index in [1.807, 2.05) is 6.07 Å². The fraction of sp³-hybridized carbons (Fsp3) is 0.417. The Labute approximate surface area is 89.5 Å². The molecule has 1 rings (SSSR count). The van der Waals surface area contributed by atoms with E-state index >= 15 is 0 Å². The number of hydrogen-bond acceptors (Lipinski definition) is 0. The molecule has 0 amide bonds. The lowest BCUT2D eigenvalue weighted by Gasteiger charge is -2.28. The van der Waals surface area contributed by atoms with Crippen LogP contribution in [0.1, 0.15) is 32.3 Å². The smallest absolute Gasteiger partial charge is 0.0210 e. The highest BCUT2D eigenvalue weighted by atomic mass is 79.9. The van der Waals surface area contributed by atoms with Crippen molar-refractivity contribution in [3.05, 3.63) is 41.2 Å². The molecular weight excluding hydrogens is 224 g/mol. The fourth-order valence-electron chi connectivity index (χ4n) is 1.22. The Kier molecular flexibility index (Phi) is 3.18. The van der Waals surface area contributed by atoms with Crippen LogP contribution in [0.3, 0.4) is 0 Å². The Balaban J connectivity index is 3.02. The largest absolute Gasteiger partial charge is 0.0619 e. The molecule has 0 aliphatic carbocycles. The van der Waals surface area contributed by atoms with Gasteiger partial charge in [-0.1, -0.05) is 54.9 Å². The highest BCUT2D eigenvalue weighted by molar-refractivity contribution is 9.10. The second-order valence-corrected chi connectivity index (χ2v) is 5.29. The van der Waals surface area contributed by atoms with Crippen molar-refractivity contribution < 1.29 is 0 Å². The van der Waals surface area contributed by atoms with Crippen LogP contribution in [0.4, 0.5) is 0 Å². The number of halogens is 1. The third-order valence-electron chi connectivity index (χ3n) is 2.33. The summed E-state index contributed by atoms with van der Waals surface area (Å²) in [5.74, 6) is 0.322. The monoisotopic (exact) mass is 239 g/mol. The first-order valence-electron chi connectivity index (χ1n) is 4.50. The summed E-state index contributed by atoms with van der Waals surface area (Å²) in [5, 5.41) is 0. The van der Waals surface area contributed by atoms with Crippen LogP contribution in [0.25, 0.3) is 0 Å². The quantitative estimate of drug-likeness (QED) is 0.681. The van der Waals surface area contributed by atoms with Crippen molar-refractivity contribution >= 4 is 15.9 Å². The van der Waals surface area contributed by atoms with Crippen LogP contribution in [0.15, 0.2) is 28.7 Å². The summed E-state index contributed by atoms with van der Waals surface area (Å²) in [6.45, 7) is 10.8. The topological polar surface area (TPSA) is 0 Å². The first-order valence-corrected chi connectivity index (χ1v) is 5.29. The van der Waals surface area contributed by atoms with Gasteiger partial charge in [0.1, 0.15) is 0 Å². The van der Waals surface area contributed by atoms with Crippen LogP contribution < -0.4 is 0 Å². The van der Waals surface area contributed by atoms with Crippen molar-refractivity contribution in [1.82, 2.24) is 0 Å². The number of hydrogen-bond donors (Lipinski definition) is 0. The molecule has 0 nitrogen and oxygen atoms in total. The molecular formula is C12H16Br. The van der Waals surface area contributed by atoms with Crippen LogP contribution >= 0.6 is 15.9 Å². The predicted molar refractivity (Wildman–Crippen MR) is 61.7 cm³/mol. The summed E-state index contributed by atoms with van der Waals surface area (Å²) in [5.41, 5.74) is 1.50. The molecule has 0 heterocycles. The molecule has 0 aliphatic rings. The van der Waals surface area contributed by atoms with Crippen molar-refractivity contribution in [2.75, 3.05) is 0 Å². The Bertz CT molecular complexity index is 283. The molecule has 0 fully saturated rings. The zero-order valence-electron chi connectivity index (χ0n) is 8.47. The van der Waals surface area contributed by atoms with Crippen molar-refractivity contribution in [3.8, 4) is 0 Å². The zero-order valence-corrected chi connectivity index (χ0v) is 10.1. The van der Waals surface area contributed by atoms with Gasteiger partial charge in [-0.2, -0.15) is 0 Å². The highest BCUT2D eigenvalue weighted by Crippen LogP contribution is 2.37. The Morgan fingerprint density at radius 3 is 2.23 bits per heavy atom. The van der Waals surface area contributed by atoms with Gasteiger partial charge in [0.05, 0.1) is 0 Å². The lowest BCUT2D eigenvalue weighted by molar-refractivity contribution is 0.363. The van der Waals surface area contributed by atoms with E-state index in [4.69, 9.17) is 0 Å². The average molecular weight is 240 g/mol. The van der Waals surface area contributed by atoms with Crippen LogP contribution in [-0.2, 0) is 0 Å². The van der Waals surface area contributed by atoms with E-state index in [1.165, 1.54) is 5.56 Å². The van der Waals surface area contributed by atoms with Crippen LogP contribution in [0.5, 0.6) is 0 Å². The van der Waals surface area contributed by atoms with Crippen LogP contribution in [0, 0.1) is 12.3 Å². The van der Waals surface area contributed by atoms with Crippen LogP contribution in [0.2, 0.25) is 0 Å². The predicted octanol–water partition coefficient (Wildman–Crippen LogP) is 4.41. The molecule has 13 heavy (non-hydrogen) atoms. The second kappa shape index (κ2) is 3.83. The molecule has 0 aliphatic heterocycles. The van der Waals surface area contributed by atoms with E-state index in [2.05, 4.69) is 61.8 Å². The summed E-state index contributed by atoms with van der Waals surface area (Å²) in [6, 6.07) is 8.29. The van der Waals surface area contributed by atoms with Gasteiger partial charge in [0, 0.05) is 4.47 Å². The number of rotatable bonds is 1. The first-order chi connectivity index (χ1) is 5.93. The SMILES string of the molecule is [CH2]C(c1ccccc1Br)C(C)(C)C. The van der Waals surface area contributed by atoms with Gasteiger partial charge < -0.3 is 0 Å². The van der Waals surface area contributed by atoms with Gasteiger partial charge in [0.25, 0.3) is 0 Å². The van der Waals surface area contributed by atoms with Gasteiger partial charge in [-0.25, -0.2) is 0 Å². The van der Waals surface area contributed by atoms with Gasteiger partial charge in [-0.15, -0.1) is 0 Å². The second-order valence-electron chi connectivity index (χ2n) is 4.44. The summed E-state index contributed by atoms with van der Waals surface area (Å²) < 4.78 is 1.16. The van der Waals surface area contributed by atoms with Gasteiger partial charge in [0.2, 0.25) is 0 Å². The molecule has 1 radical (unpaired) electrons. The van der Waals surface area contributed by atoms with E-state index < -0.39 is 0 Å². The Morgan fingerprint density at radius 2 is 1.77 bits per heavy atom. The Hall–Kier alpha value is -0.300. The highest BCUT2D eigenvalue weighted by Gasteiger charge is 2.22. The summed E-state index contributed by atoms with van der Waals surface area (Å²) in [7, 11) is 0. The first kappa shape index (κ1) is 10.8. The lowest BCUT2D eigenvalue weighted by Crippen LogP contribution is -2.15. The molecule has 0 saturated carbocycles. The third-order valence-corrected chi connectivity index (χ3v) is 3.05. The van der Waals surface area contributed by atoms with Gasteiger partial charge in [-0.05, 0) is 29.9 Å². The molecule has 0 aromatic heterocycles. The van der Waals surface area contributed by atoms with Crippen molar-refractivity contribution in [2.45, 2.75) is 26.7 Å². The summed E-state index contributed by atoms with van der Waals surface area (Å²) in [6.07, 6.45) is 0. The molecule has 1 heteroatoms. The molecule has 0 saturated heterocycles. The molecule has 1 aromatic carbocycles. The third kappa shape index (κ3) is 2.57. The number of benzene rings is 1. The van der Waals surface area contributed by atoms with Crippen molar-refractivity contribution in [3.63, 3.8) is 0 Å². The maximum absolute atomic E-state index is 4.21. The average Bonchev–Trinajstić information content (AvgIpc) is 2.02. The normalized spacial score (nSPS) is 14.2. The molecule has 0 spiro atoms. The maximum Gasteiger partial charge on any atom is 0.0210 e. The van der Waals surface area contributed by atoms with Gasteiger partial charge >= 0.3 is 0 Å². The molecule has 0 N–H and O–H groups in total. The summed E-state index contributed by atoms with van der Waals surface area (Å²) >= 11 is 3.55. The van der Waals surface area contributed by atoms with Gasteiger partial charge in [-0.3, -0.25) is 0 Å². The van der Waals surface area contributed by atoms with Crippen LogP contribution in [-0.4, -0.2) is 0 Å². The molecule has 1 aromatic rings. The minimum atomic E-state index is 0.212. The Morgan fingerprint density at radius 1 is 1.23 bits per heavy atom. The zero-order chi connectivity index (χ0) is 10.1. The molecule has 1 unspecified atom stereocenters. The van der Waals surface area contributed by atoms with E-state index in [0.29, 0.717) is 5.92 Å². The van der Waals surface area contributed by atoms with E-state index in [-0.39, 0.29) is 5.41 Å². The minimum Gasteiger partial charge on any atom is -0.0619 e. The van der Waals surface area contributed by atoms with E-state index in [0.717, 1.165) is 4.47 Å². The molecule has 0 bridgehead atoms. The maximum atomic E-state index is 4.21. The van der Waals surface area contributed by atoms with Crippen molar-refractivity contribution in [1.29, 1.82) is 0 Å². The standard InChI is InChI=1S/C12H16Br/c1-9(12(2,3)4)10-7-5-6-8-11(10)13/h5-9H,1H2,2-4H3. The fourth-order valence-corrected chi connectivity index (χ4v) is 1.79. The molecule has 1 atom stereocenters. The van der Waals surface area contributed by atoms with Crippen molar-refractivity contribution in [2.24, 2.45) is 5.41 Å². The van der Waals surface area contributed by atoms with Gasteiger partial charge in [0.15, 0.2) is 0 Å². The van der Waals surface area contributed by atoms with E-state index in [1.54, 1.807) is 0 Å².